The topological polar surface area (TPSA) is 34.1 Å². The Morgan fingerprint density at radius 2 is 1.61 bits per heavy atom. The fourth-order valence-electron chi connectivity index (χ4n) is 9.50. The highest BCUT2D eigenvalue weighted by molar-refractivity contribution is 5.90. The molecule has 0 radical (unpaired) electrons. The number of hydrogen-bond donors (Lipinski definition) is 0. The van der Waals surface area contributed by atoms with E-state index in [1.165, 1.54) is 44.9 Å². The van der Waals surface area contributed by atoms with E-state index in [2.05, 4.69) is 41.5 Å². The summed E-state index contributed by atoms with van der Waals surface area (Å²) >= 11 is 0. The molecule has 7 unspecified atom stereocenters. The van der Waals surface area contributed by atoms with Crippen LogP contribution in [0.1, 0.15) is 112 Å². The van der Waals surface area contributed by atoms with Crippen molar-refractivity contribution in [3.63, 3.8) is 0 Å². The summed E-state index contributed by atoms with van der Waals surface area (Å²) in [5.74, 6) is 6.05. The summed E-state index contributed by atoms with van der Waals surface area (Å²) in [5, 5.41) is 0. The minimum atomic E-state index is 0.0255. The van der Waals surface area contributed by atoms with Crippen molar-refractivity contribution in [3.8, 4) is 0 Å². The molecule has 0 saturated heterocycles. The van der Waals surface area contributed by atoms with Gasteiger partial charge in [-0.1, -0.05) is 54.4 Å². The maximum atomic E-state index is 13.3. The molecule has 176 valence electrons. The van der Waals surface area contributed by atoms with Crippen molar-refractivity contribution >= 4 is 11.6 Å². The lowest BCUT2D eigenvalue weighted by Crippen LogP contribution is -2.56. The molecule has 0 aromatic heterocycles. The van der Waals surface area contributed by atoms with Crippen molar-refractivity contribution in [2.45, 2.75) is 112 Å². The standard InChI is InChI=1S/C29H48O2/c1-7-20(18(2)3)9-8-19(4)23-10-11-24-22-17-27(31)26-16-21(30)12-14-29(26,6)25(22)13-15-28(23,24)5/h18-20,22-26H,7-17H2,1-6H3/t19?,20?,22?,23?,24?,25?,26?,28-,29-/m1/s1. The minimum absolute atomic E-state index is 0.0255. The van der Waals surface area contributed by atoms with Gasteiger partial charge < -0.3 is 0 Å². The zero-order chi connectivity index (χ0) is 22.6. The van der Waals surface area contributed by atoms with Gasteiger partial charge in [0.25, 0.3) is 0 Å². The van der Waals surface area contributed by atoms with Crippen molar-refractivity contribution in [2.75, 3.05) is 0 Å². The number of rotatable bonds is 6. The van der Waals surface area contributed by atoms with Gasteiger partial charge in [0.2, 0.25) is 0 Å². The van der Waals surface area contributed by atoms with Gasteiger partial charge in [-0.05, 0) is 90.8 Å². The molecule has 9 atom stereocenters. The average Bonchev–Trinajstić information content (AvgIpc) is 3.07. The van der Waals surface area contributed by atoms with Gasteiger partial charge >= 0.3 is 0 Å². The van der Waals surface area contributed by atoms with Crippen LogP contribution in [0.4, 0.5) is 0 Å². The predicted octanol–water partition coefficient (Wildman–Crippen LogP) is 7.49. The fraction of sp³-hybridized carbons (Fsp3) is 0.931. The predicted molar refractivity (Wildman–Crippen MR) is 128 cm³/mol. The van der Waals surface area contributed by atoms with Crippen LogP contribution in [-0.4, -0.2) is 11.6 Å². The Bertz CT molecular complexity index is 695. The van der Waals surface area contributed by atoms with Crippen molar-refractivity contribution in [1.82, 2.24) is 0 Å². The lowest BCUT2D eigenvalue weighted by molar-refractivity contribution is -0.159. The number of ketones is 2. The summed E-state index contributed by atoms with van der Waals surface area (Å²) in [5.41, 5.74) is 0.513. The van der Waals surface area contributed by atoms with Gasteiger partial charge in [0, 0.05) is 25.2 Å². The molecule has 2 nitrogen and oxygen atoms in total. The molecule has 4 aliphatic rings. The summed E-state index contributed by atoms with van der Waals surface area (Å²) in [6.07, 6.45) is 12.4. The lowest BCUT2D eigenvalue weighted by atomic mass is 9.44. The second-order valence-corrected chi connectivity index (χ2v) is 13.0. The molecule has 0 aromatic rings. The van der Waals surface area contributed by atoms with Crippen LogP contribution in [0.15, 0.2) is 0 Å². The zero-order valence-electron chi connectivity index (χ0n) is 21.2. The average molecular weight is 429 g/mol. The summed E-state index contributed by atoms with van der Waals surface area (Å²) < 4.78 is 0. The fourth-order valence-corrected chi connectivity index (χ4v) is 9.50. The molecule has 4 rings (SSSR count). The molecule has 31 heavy (non-hydrogen) atoms. The minimum Gasteiger partial charge on any atom is -0.300 e. The van der Waals surface area contributed by atoms with Crippen molar-refractivity contribution < 1.29 is 9.59 Å². The van der Waals surface area contributed by atoms with Gasteiger partial charge in [0.05, 0.1) is 0 Å². The molecule has 2 heteroatoms. The SMILES string of the molecule is CCC(CCC(C)C1CCC2C3CC(=O)C4CC(=O)CC[C@]4(C)C3CC[C@]12C)C(C)C. The smallest absolute Gasteiger partial charge is 0.137 e. The normalized spacial score (nSPS) is 44.5. The van der Waals surface area contributed by atoms with Crippen LogP contribution in [0, 0.1) is 58.2 Å². The van der Waals surface area contributed by atoms with Crippen LogP contribution in [0.25, 0.3) is 0 Å². The molecule has 0 spiro atoms. The van der Waals surface area contributed by atoms with Crippen molar-refractivity contribution in [2.24, 2.45) is 58.2 Å². The Morgan fingerprint density at radius 1 is 0.903 bits per heavy atom. The molecule has 4 fully saturated rings. The maximum Gasteiger partial charge on any atom is 0.137 e. The summed E-state index contributed by atoms with van der Waals surface area (Å²) in [7, 11) is 0. The first-order valence-electron chi connectivity index (χ1n) is 13.7. The van der Waals surface area contributed by atoms with Crippen LogP contribution in [0.5, 0.6) is 0 Å². The van der Waals surface area contributed by atoms with Crippen molar-refractivity contribution in [1.29, 1.82) is 0 Å². The van der Waals surface area contributed by atoms with Crippen LogP contribution < -0.4 is 0 Å². The molecule has 0 N–H and O–H groups in total. The Hall–Kier alpha value is -0.660. The molecule has 4 saturated carbocycles. The van der Waals surface area contributed by atoms with Gasteiger partial charge in [-0.25, -0.2) is 0 Å². The quantitative estimate of drug-likeness (QED) is 0.439. The molecule has 0 bridgehead atoms. The lowest BCUT2D eigenvalue weighted by Gasteiger charge is -2.59. The van der Waals surface area contributed by atoms with E-state index < -0.39 is 0 Å². The molecule has 0 heterocycles. The van der Waals surface area contributed by atoms with E-state index in [4.69, 9.17) is 0 Å². The molecular formula is C29H48O2. The maximum absolute atomic E-state index is 13.3. The Labute approximate surface area is 191 Å². The van der Waals surface area contributed by atoms with Crippen LogP contribution in [0.3, 0.4) is 0 Å². The second kappa shape index (κ2) is 8.60. The van der Waals surface area contributed by atoms with Gasteiger partial charge in [0.1, 0.15) is 11.6 Å². The Morgan fingerprint density at radius 3 is 2.29 bits per heavy atom. The van der Waals surface area contributed by atoms with E-state index >= 15 is 0 Å². The first-order chi connectivity index (χ1) is 14.6. The number of fused-ring (bicyclic) bond motifs is 5. The first-order valence-corrected chi connectivity index (χ1v) is 13.7. The zero-order valence-corrected chi connectivity index (χ0v) is 21.2. The Kier molecular flexibility index (Phi) is 6.52. The van der Waals surface area contributed by atoms with Crippen LogP contribution >= 0.6 is 0 Å². The van der Waals surface area contributed by atoms with Crippen molar-refractivity contribution in [3.05, 3.63) is 0 Å². The van der Waals surface area contributed by atoms with Crippen LogP contribution in [-0.2, 0) is 9.59 Å². The van der Waals surface area contributed by atoms with Gasteiger partial charge in [-0.15, -0.1) is 0 Å². The highest BCUT2D eigenvalue weighted by Gasteiger charge is 2.62. The number of carbonyl (C=O) groups excluding carboxylic acids is 2. The summed E-state index contributed by atoms with van der Waals surface area (Å²) in [6.45, 7) is 14.7. The molecule has 0 aromatic carbocycles. The third kappa shape index (κ3) is 3.86. The van der Waals surface area contributed by atoms with Gasteiger partial charge in [-0.3, -0.25) is 9.59 Å². The number of Topliss-reactive ketones (excluding diaryl/α,β-unsaturated/α-hetero) is 2. The molecule has 0 aliphatic heterocycles. The van der Waals surface area contributed by atoms with E-state index in [0.29, 0.717) is 41.7 Å². The Balaban J connectivity index is 1.49. The first kappa shape index (κ1) is 23.5. The third-order valence-electron chi connectivity index (χ3n) is 11.5. The number of hydrogen-bond acceptors (Lipinski definition) is 2. The summed E-state index contributed by atoms with van der Waals surface area (Å²) in [6, 6.07) is 0. The van der Waals surface area contributed by atoms with E-state index in [0.717, 1.165) is 42.4 Å². The monoisotopic (exact) mass is 428 g/mol. The van der Waals surface area contributed by atoms with Gasteiger partial charge in [-0.2, -0.15) is 0 Å². The van der Waals surface area contributed by atoms with E-state index in [-0.39, 0.29) is 11.3 Å². The van der Waals surface area contributed by atoms with E-state index in [9.17, 15) is 9.59 Å². The van der Waals surface area contributed by atoms with Gasteiger partial charge in [0.15, 0.2) is 0 Å². The van der Waals surface area contributed by atoms with E-state index in [1.807, 2.05) is 0 Å². The molecule has 4 aliphatic carbocycles. The number of carbonyl (C=O) groups is 2. The van der Waals surface area contributed by atoms with Crippen LogP contribution in [0.2, 0.25) is 0 Å². The van der Waals surface area contributed by atoms with E-state index in [1.54, 1.807) is 0 Å². The highest BCUT2D eigenvalue weighted by atomic mass is 16.1. The summed E-state index contributed by atoms with van der Waals surface area (Å²) in [4.78, 5) is 25.4. The second-order valence-electron chi connectivity index (χ2n) is 13.0. The third-order valence-corrected chi connectivity index (χ3v) is 11.5. The largest absolute Gasteiger partial charge is 0.300 e. The molecule has 0 amide bonds. The highest BCUT2D eigenvalue weighted by Crippen LogP contribution is 2.67. The molecular weight excluding hydrogens is 380 g/mol.